The zero-order valence-electron chi connectivity index (χ0n) is 13.5. The largest absolute Gasteiger partial charge is 0.495 e. The average Bonchev–Trinajstić information content (AvgIpc) is 3.11. The monoisotopic (exact) mass is 329 g/mol. The van der Waals surface area contributed by atoms with Crippen molar-refractivity contribution in [2.75, 3.05) is 12.4 Å². The standard InChI is InChI=1S/C19H20ClNO2/c1-19(2)16(12-7-5-4-6-8-12)17(19)18(22)21-14-11-13(20)9-10-15(14)23-3/h4-11,16-17H,1-3H3,(H,21,22). The lowest BCUT2D eigenvalue weighted by Gasteiger charge is -2.11. The van der Waals surface area contributed by atoms with Gasteiger partial charge in [-0.05, 0) is 29.2 Å². The summed E-state index contributed by atoms with van der Waals surface area (Å²) >= 11 is 6.03. The molecule has 0 bridgehead atoms. The summed E-state index contributed by atoms with van der Waals surface area (Å²) in [5.41, 5.74) is 1.76. The van der Waals surface area contributed by atoms with Gasteiger partial charge in [0.2, 0.25) is 5.91 Å². The Balaban J connectivity index is 1.81. The molecule has 3 nitrogen and oxygen atoms in total. The highest BCUT2D eigenvalue weighted by Crippen LogP contribution is 2.64. The molecule has 1 N–H and O–H groups in total. The molecule has 4 heteroatoms. The van der Waals surface area contributed by atoms with Gasteiger partial charge in [0.1, 0.15) is 5.75 Å². The predicted octanol–water partition coefficient (Wildman–Crippen LogP) is 4.73. The third kappa shape index (κ3) is 2.93. The van der Waals surface area contributed by atoms with Gasteiger partial charge in [0, 0.05) is 10.9 Å². The molecular weight excluding hydrogens is 310 g/mol. The van der Waals surface area contributed by atoms with Crippen molar-refractivity contribution < 1.29 is 9.53 Å². The van der Waals surface area contributed by atoms with Gasteiger partial charge in [0.25, 0.3) is 0 Å². The topological polar surface area (TPSA) is 38.3 Å². The van der Waals surface area contributed by atoms with E-state index < -0.39 is 0 Å². The van der Waals surface area contributed by atoms with Crippen LogP contribution in [0.3, 0.4) is 0 Å². The molecule has 2 atom stereocenters. The second kappa shape index (κ2) is 5.89. The normalized spacial score (nSPS) is 21.6. The minimum Gasteiger partial charge on any atom is -0.495 e. The van der Waals surface area contributed by atoms with Crippen LogP contribution in [0.4, 0.5) is 5.69 Å². The Bertz CT molecular complexity index is 727. The maximum Gasteiger partial charge on any atom is 0.228 e. The summed E-state index contributed by atoms with van der Waals surface area (Å²) in [4.78, 5) is 12.7. The Kier molecular flexibility index (Phi) is 4.07. The molecule has 23 heavy (non-hydrogen) atoms. The van der Waals surface area contributed by atoms with Crippen molar-refractivity contribution in [3.8, 4) is 5.75 Å². The Hall–Kier alpha value is -2.00. The summed E-state index contributed by atoms with van der Waals surface area (Å²) in [6.45, 7) is 4.26. The zero-order valence-corrected chi connectivity index (χ0v) is 14.2. The lowest BCUT2D eigenvalue weighted by molar-refractivity contribution is -0.118. The number of nitrogens with one attached hydrogen (secondary N) is 1. The maximum absolute atomic E-state index is 12.7. The number of rotatable bonds is 4. The number of hydrogen-bond acceptors (Lipinski definition) is 2. The minimum atomic E-state index is -0.0615. The molecule has 1 saturated carbocycles. The molecule has 1 fully saturated rings. The number of halogens is 1. The lowest BCUT2D eigenvalue weighted by atomic mass is 10.0. The first kappa shape index (κ1) is 15.9. The third-order valence-electron chi connectivity index (χ3n) is 4.69. The maximum atomic E-state index is 12.7. The molecule has 0 aliphatic heterocycles. The molecule has 0 spiro atoms. The molecule has 0 saturated heterocycles. The van der Waals surface area contributed by atoms with Crippen molar-refractivity contribution in [2.24, 2.45) is 11.3 Å². The first-order chi connectivity index (χ1) is 10.9. The molecule has 3 rings (SSSR count). The first-order valence-corrected chi connectivity index (χ1v) is 8.02. The molecule has 0 heterocycles. The van der Waals surface area contributed by atoms with E-state index in [1.807, 2.05) is 18.2 Å². The SMILES string of the molecule is COc1ccc(Cl)cc1NC(=O)C1C(c2ccccc2)C1(C)C. The number of amides is 1. The number of hydrogen-bond donors (Lipinski definition) is 1. The highest BCUT2D eigenvalue weighted by molar-refractivity contribution is 6.31. The highest BCUT2D eigenvalue weighted by Gasteiger charge is 2.62. The molecule has 0 aromatic heterocycles. The van der Waals surface area contributed by atoms with E-state index in [1.165, 1.54) is 5.56 Å². The highest BCUT2D eigenvalue weighted by atomic mass is 35.5. The van der Waals surface area contributed by atoms with Crippen LogP contribution in [-0.2, 0) is 4.79 Å². The van der Waals surface area contributed by atoms with E-state index in [2.05, 4.69) is 31.3 Å². The summed E-state index contributed by atoms with van der Waals surface area (Å²) in [6, 6.07) is 15.4. The van der Waals surface area contributed by atoms with Gasteiger partial charge in [0.05, 0.1) is 18.7 Å². The van der Waals surface area contributed by atoms with Crippen LogP contribution in [0.5, 0.6) is 5.75 Å². The Labute approximate surface area is 141 Å². The minimum absolute atomic E-state index is 0.00409. The van der Waals surface area contributed by atoms with Gasteiger partial charge in [-0.3, -0.25) is 4.79 Å². The summed E-state index contributed by atoms with van der Waals surface area (Å²) in [5, 5.41) is 3.54. The van der Waals surface area contributed by atoms with E-state index in [0.29, 0.717) is 16.5 Å². The number of carbonyl (C=O) groups is 1. The van der Waals surface area contributed by atoms with Crippen molar-refractivity contribution >= 4 is 23.2 Å². The zero-order chi connectivity index (χ0) is 16.6. The van der Waals surface area contributed by atoms with Gasteiger partial charge in [0.15, 0.2) is 0 Å². The van der Waals surface area contributed by atoms with E-state index in [1.54, 1.807) is 25.3 Å². The molecule has 120 valence electrons. The summed E-state index contributed by atoms with van der Waals surface area (Å²) < 4.78 is 5.29. The van der Waals surface area contributed by atoms with E-state index in [-0.39, 0.29) is 23.2 Å². The van der Waals surface area contributed by atoms with Crippen molar-refractivity contribution in [1.82, 2.24) is 0 Å². The van der Waals surface area contributed by atoms with Crippen molar-refractivity contribution in [1.29, 1.82) is 0 Å². The van der Waals surface area contributed by atoms with Gasteiger partial charge < -0.3 is 10.1 Å². The van der Waals surface area contributed by atoms with Crippen LogP contribution in [-0.4, -0.2) is 13.0 Å². The molecule has 1 amide bonds. The van der Waals surface area contributed by atoms with Crippen LogP contribution in [0.2, 0.25) is 5.02 Å². The van der Waals surface area contributed by atoms with E-state index >= 15 is 0 Å². The molecule has 2 aromatic carbocycles. The van der Waals surface area contributed by atoms with Crippen LogP contribution in [0.1, 0.15) is 25.3 Å². The van der Waals surface area contributed by atoms with Crippen LogP contribution in [0.15, 0.2) is 48.5 Å². The Morgan fingerprint density at radius 1 is 1.17 bits per heavy atom. The van der Waals surface area contributed by atoms with Crippen LogP contribution >= 0.6 is 11.6 Å². The molecular formula is C19H20ClNO2. The van der Waals surface area contributed by atoms with E-state index in [0.717, 1.165) is 0 Å². The van der Waals surface area contributed by atoms with Gasteiger partial charge in [-0.15, -0.1) is 0 Å². The van der Waals surface area contributed by atoms with Gasteiger partial charge >= 0.3 is 0 Å². The van der Waals surface area contributed by atoms with Crippen LogP contribution < -0.4 is 10.1 Å². The molecule has 1 aliphatic rings. The molecule has 0 radical (unpaired) electrons. The van der Waals surface area contributed by atoms with Crippen molar-refractivity contribution in [3.63, 3.8) is 0 Å². The summed E-state index contributed by atoms with van der Waals surface area (Å²) in [6.07, 6.45) is 0. The number of carbonyl (C=O) groups excluding carboxylic acids is 1. The Morgan fingerprint density at radius 2 is 1.87 bits per heavy atom. The molecule has 1 aliphatic carbocycles. The van der Waals surface area contributed by atoms with E-state index in [9.17, 15) is 4.79 Å². The van der Waals surface area contributed by atoms with Crippen molar-refractivity contribution in [2.45, 2.75) is 19.8 Å². The fourth-order valence-electron chi connectivity index (χ4n) is 3.40. The summed E-state index contributed by atoms with van der Waals surface area (Å²) in [7, 11) is 1.58. The number of ether oxygens (including phenoxy) is 1. The average molecular weight is 330 g/mol. The fourth-order valence-corrected chi connectivity index (χ4v) is 3.57. The quantitative estimate of drug-likeness (QED) is 0.880. The molecule has 2 unspecified atom stereocenters. The number of methoxy groups -OCH3 is 1. The van der Waals surface area contributed by atoms with Gasteiger partial charge in [-0.2, -0.15) is 0 Å². The Morgan fingerprint density at radius 3 is 2.52 bits per heavy atom. The summed E-state index contributed by atoms with van der Waals surface area (Å²) in [5.74, 6) is 0.782. The second-order valence-electron chi connectivity index (χ2n) is 6.52. The first-order valence-electron chi connectivity index (χ1n) is 7.64. The second-order valence-corrected chi connectivity index (χ2v) is 6.96. The van der Waals surface area contributed by atoms with Crippen LogP contribution in [0.25, 0.3) is 0 Å². The third-order valence-corrected chi connectivity index (χ3v) is 4.92. The van der Waals surface area contributed by atoms with Crippen LogP contribution in [0, 0.1) is 11.3 Å². The fraction of sp³-hybridized carbons (Fsp3) is 0.316. The predicted molar refractivity (Wildman–Crippen MR) is 93.1 cm³/mol. The number of anilines is 1. The smallest absolute Gasteiger partial charge is 0.228 e. The number of benzene rings is 2. The van der Waals surface area contributed by atoms with E-state index in [4.69, 9.17) is 16.3 Å². The van der Waals surface area contributed by atoms with Gasteiger partial charge in [-0.25, -0.2) is 0 Å². The molecule has 2 aromatic rings. The van der Waals surface area contributed by atoms with Crippen molar-refractivity contribution in [3.05, 3.63) is 59.1 Å². The van der Waals surface area contributed by atoms with Gasteiger partial charge in [-0.1, -0.05) is 55.8 Å². The lowest BCUT2D eigenvalue weighted by Crippen LogP contribution is -2.17.